The number of carbonyl (C=O) groups is 1. The Labute approximate surface area is 176 Å². The van der Waals surface area contributed by atoms with E-state index in [1.165, 1.54) is 0 Å². The number of nitrogens with one attached hydrogen (secondary N) is 1. The molecule has 7 nitrogen and oxygen atoms in total. The first-order valence-corrected chi connectivity index (χ1v) is 10.3. The number of amides is 1. The van der Waals surface area contributed by atoms with Crippen molar-refractivity contribution in [1.82, 2.24) is 20.1 Å². The lowest BCUT2D eigenvalue weighted by Gasteiger charge is -2.28. The maximum Gasteiger partial charge on any atom is 0.251 e. The van der Waals surface area contributed by atoms with Gasteiger partial charge in [-0.1, -0.05) is 6.07 Å². The maximum atomic E-state index is 12.5. The van der Waals surface area contributed by atoms with Gasteiger partial charge in [-0.05, 0) is 62.2 Å². The molecule has 1 aliphatic heterocycles. The topological polar surface area (TPSA) is 72.3 Å². The van der Waals surface area contributed by atoms with E-state index in [4.69, 9.17) is 4.74 Å². The van der Waals surface area contributed by atoms with Gasteiger partial charge in [-0.3, -0.25) is 4.79 Å². The van der Waals surface area contributed by atoms with Crippen molar-refractivity contribution in [3.05, 3.63) is 71.2 Å². The van der Waals surface area contributed by atoms with Crippen molar-refractivity contribution in [2.45, 2.75) is 20.3 Å². The summed E-state index contributed by atoms with van der Waals surface area (Å²) in [5.41, 5.74) is 4.95. The normalized spacial score (nSPS) is 14.0. The molecule has 1 aliphatic rings. The van der Waals surface area contributed by atoms with Crippen molar-refractivity contribution >= 4 is 11.6 Å². The van der Waals surface area contributed by atoms with E-state index in [1.807, 2.05) is 61.0 Å². The quantitative estimate of drug-likeness (QED) is 0.683. The van der Waals surface area contributed by atoms with Gasteiger partial charge in [0, 0.05) is 42.8 Å². The molecule has 7 heteroatoms. The van der Waals surface area contributed by atoms with Crippen LogP contribution in [0.15, 0.2) is 48.7 Å². The first-order valence-electron chi connectivity index (χ1n) is 10.3. The monoisotopic (exact) mass is 405 g/mol. The molecule has 0 radical (unpaired) electrons. The van der Waals surface area contributed by atoms with Crippen molar-refractivity contribution in [1.29, 1.82) is 0 Å². The number of hydrogen-bond donors (Lipinski definition) is 1. The first kappa shape index (κ1) is 20.1. The van der Waals surface area contributed by atoms with Crippen molar-refractivity contribution in [3.63, 3.8) is 0 Å². The summed E-state index contributed by atoms with van der Waals surface area (Å²) in [5.74, 6) is 0.740. The molecule has 0 bridgehead atoms. The van der Waals surface area contributed by atoms with Crippen LogP contribution in [0.4, 0.5) is 5.69 Å². The highest BCUT2D eigenvalue weighted by atomic mass is 16.5. The Morgan fingerprint density at radius 2 is 1.87 bits per heavy atom. The lowest BCUT2D eigenvalue weighted by Crippen LogP contribution is -2.36. The van der Waals surface area contributed by atoms with Gasteiger partial charge >= 0.3 is 0 Å². The molecule has 30 heavy (non-hydrogen) atoms. The second-order valence-corrected chi connectivity index (χ2v) is 7.40. The van der Waals surface area contributed by atoms with Crippen molar-refractivity contribution in [2.75, 3.05) is 37.7 Å². The van der Waals surface area contributed by atoms with E-state index in [-0.39, 0.29) is 5.91 Å². The second-order valence-electron chi connectivity index (χ2n) is 7.40. The number of pyridine rings is 1. The molecule has 1 saturated heterocycles. The highest BCUT2D eigenvalue weighted by molar-refractivity contribution is 5.94. The fourth-order valence-corrected chi connectivity index (χ4v) is 3.79. The molecular weight excluding hydrogens is 378 g/mol. The SMILES string of the molecule is Cc1nn(-c2ccccn2)c(C)c1CCNC(=O)c1ccc(N2CCOCC2)cc1. The van der Waals surface area contributed by atoms with Crippen LogP contribution in [0.5, 0.6) is 0 Å². The standard InChI is InChI=1S/C23H27N5O2/c1-17-21(18(2)28(26-17)22-5-3-4-11-24-22)10-12-25-23(29)19-6-8-20(9-7-19)27-13-15-30-16-14-27/h3-9,11H,10,12-16H2,1-2H3,(H,25,29). The Morgan fingerprint density at radius 1 is 1.10 bits per heavy atom. The lowest BCUT2D eigenvalue weighted by atomic mass is 10.1. The van der Waals surface area contributed by atoms with Gasteiger partial charge in [0.1, 0.15) is 0 Å². The maximum absolute atomic E-state index is 12.5. The van der Waals surface area contributed by atoms with Crippen LogP contribution in [-0.2, 0) is 11.2 Å². The Morgan fingerprint density at radius 3 is 2.57 bits per heavy atom. The van der Waals surface area contributed by atoms with Gasteiger partial charge in [0.2, 0.25) is 0 Å². The Hall–Kier alpha value is -3.19. The summed E-state index contributed by atoms with van der Waals surface area (Å²) in [6.07, 6.45) is 2.48. The molecule has 1 N–H and O–H groups in total. The number of nitrogens with zero attached hydrogens (tertiary/aromatic N) is 4. The molecule has 1 amide bonds. The summed E-state index contributed by atoms with van der Waals surface area (Å²) >= 11 is 0. The van der Waals surface area contributed by atoms with Gasteiger partial charge in [-0.25, -0.2) is 9.67 Å². The Balaban J connectivity index is 1.35. The number of anilines is 1. The average Bonchev–Trinajstić information content (AvgIpc) is 3.08. The Bertz CT molecular complexity index is 992. The number of benzene rings is 1. The molecule has 4 rings (SSSR count). The minimum Gasteiger partial charge on any atom is -0.378 e. The predicted molar refractivity (Wildman–Crippen MR) is 116 cm³/mol. The van der Waals surface area contributed by atoms with Crippen LogP contribution in [0.1, 0.15) is 27.3 Å². The lowest BCUT2D eigenvalue weighted by molar-refractivity contribution is 0.0954. The molecule has 3 heterocycles. The van der Waals surface area contributed by atoms with Crippen LogP contribution in [0.25, 0.3) is 5.82 Å². The number of aryl methyl sites for hydroxylation is 1. The summed E-state index contributed by atoms with van der Waals surface area (Å²) in [5, 5.41) is 7.64. The number of ether oxygens (including phenoxy) is 1. The molecule has 1 aromatic carbocycles. The average molecular weight is 406 g/mol. The van der Waals surface area contributed by atoms with Gasteiger partial charge in [0.15, 0.2) is 5.82 Å². The molecule has 0 unspecified atom stereocenters. The smallest absolute Gasteiger partial charge is 0.251 e. The van der Waals surface area contributed by atoms with Crippen LogP contribution < -0.4 is 10.2 Å². The second kappa shape index (κ2) is 9.09. The number of aromatic nitrogens is 3. The number of carbonyl (C=O) groups excluding carboxylic acids is 1. The van der Waals surface area contributed by atoms with Crippen LogP contribution >= 0.6 is 0 Å². The minimum absolute atomic E-state index is 0.0593. The van der Waals surface area contributed by atoms with Gasteiger partial charge < -0.3 is 15.0 Å². The summed E-state index contributed by atoms with van der Waals surface area (Å²) in [4.78, 5) is 19.2. The molecule has 0 atom stereocenters. The molecule has 0 spiro atoms. The minimum atomic E-state index is -0.0593. The fourth-order valence-electron chi connectivity index (χ4n) is 3.79. The zero-order chi connectivity index (χ0) is 20.9. The van der Waals surface area contributed by atoms with Gasteiger partial charge in [0.25, 0.3) is 5.91 Å². The summed E-state index contributed by atoms with van der Waals surface area (Å²) < 4.78 is 7.25. The zero-order valence-corrected chi connectivity index (χ0v) is 17.5. The molecule has 3 aromatic rings. The highest BCUT2D eigenvalue weighted by Crippen LogP contribution is 2.18. The van der Waals surface area contributed by atoms with E-state index in [9.17, 15) is 4.79 Å². The van der Waals surface area contributed by atoms with E-state index in [0.717, 1.165) is 61.2 Å². The molecular formula is C23H27N5O2. The van der Waals surface area contributed by atoms with Crippen molar-refractivity contribution < 1.29 is 9.53 Å². The van der Waals surface area contributed by atoms with Gasteiger partial charge in [-0.2, -0.15) is 5.10 Å². The van der Waals surface area contributed by atoms with Gasteiger partial charge in [0.05, 0.1) is 18.9 Å². The van der Waals surface area contributed by atoms with E-state index < -0.39 is 0 Å². The number of hydrogen-bond acceptors (Lipinski definition) is 5. The van der Waals surface area contributed by atoms with Crippen LogP contribution in [0.3, 0.4) is 0 Å². The van der Waals surface area contributed by atoms with Crippen molar-refractivity contribution in [2.24, 2.45) is 0 Å². The van der Waals surface area contributed by atoms with E-state index in [1.54, 1.807) is 6.20 Å². The predicted octanol–water partition coefficient (Wildman–Crippen LogP) is 2.69. The first-order chi connectivity index (χ1) is 14.6. The van der Waals surface area contributed by atoms with Crippen molar-refractivity contribution in [3.8, 4) is 5.82 Å². The molecule has 0 saturated carbocycles. The van der Waals surface area contributed by atoms with E-state index >= 15 is 0 Å². The number of rotatable bonds is 6. The zero-order valence-electron chi connectivity index (χ0n) is 17.5. The van der Waals surface area contributed by atoms with Gasteiger partial charge in [-0.15, -0.1) is 0 Å². The molecule has 1 fully saturated rings. The van der Waals surface area contributed by atoms with Crippen LogP contribution in [0.2, 0.25) is 0 Å². The molecule has 0 aliphatic carbocycles. The van der Waals surface area contributed by atoms with Crippen LogP contribution in [0, 0.1) is 13.8 Å². The summed E-state index contributed by atoms with van der Waals surface area (Å²) in [6.45, 7) is 7.85. The Kier molecular flexibility index (Phi) is 6.09. The third-order valence-corrected chi connectivity index (χ3v) is 5.47. The summed E-state index contributed by atoms with van der Waals surface area (Å²) in [6, 6.07) is 13.6. The van der Waals surface area contributed by atoms with E-state index in [2.05, 4.69) is 20.3 Å². The number of morpholine rings is 1. The largest absolute Gasteiger partial charge is 0.378 e. The molecule has 156 valence electrons. The fraction of sp³-hybridized carbons (Fsp3) is 0.348. The third kappa shape index (κ3) is 4.36. The van der Waals surface area contributed by atoms with E-state index in [0.29, 0.717) is 12.1 Å². The highest BCUT2D eigenvalue weighted by Gasteiger charge is 2.15. The van der Waals surface area contributed by atoms with Crippen LogP contribution in [-0.4, -0.2) is 53.5 Å². The third-order valence-electron chi connectivity index (χ3n) is 5.47. The molecule has 2 aromatic heterocycles. The summed E-state index contributed by atoms with van der Waals surface area (Å²) in [7, 11) is 0.